The molecule has 0 radical (unpaired) electrons. The Labute approximate surface area is 110 Å². The van der Waals surface area contributed by atoms with Gasteiger partial charge in [-0.3, -0.25) is 0 Å². The van der Waals surface area contributed by atoms with Crippen molar-refractivity contribution >= 4 is 0 Å². The average Bonchev–Trinajstić information content (AvgIpc) is 2.42. The van der Waals surface area contributed by atoms with Crippen molar-refractivity contribution in [3.8, 4) is 0 Å². The molecule has 88 valence electrons. The minimum atomic E-state index is 0. The van der Waals surface area contributed by atoms with Gasteiger partial charge in [-0.2, -0.15) is 13.1 Å². The van der Waals surface area contributed by atoms with Crippen molar-refractivity contribution in [2.45, 2.75) is 13.8 Å². The number of hydrogen-bond acceptors (Lipinski definition) is 0. The van der Waals surface area contributed by atoms with Gasteiger partial charge in [-0.25, -0.2) is 0 Å². The molecule has 16 heavy (non-hydrogen) atoms. The topological polar surface area (TPSA) is 114 Å². The van der Waals surface area contributed by atoms with Gasteiger partial charge in [-0.15, -0.1) is 0 Å². The van der Waals surface area contributed by atoms with Crippen molar-refractivity contribution in [1.82, 2.24) is 0 Å². The van der Waals surface area contributed by atoms with Crippen LogP contribution in [0.3, 0.4) is 0 Å². The molecule has 0 rings (SSSR count). The molecule has 0 aromatic heterocycles. The van der Waals surface area contributed by atoms with E-state index in [1.54, 1.807) is 0 Å². The average molecular weight is 396 g/mol. The quantitative estimate of drug-likeness (QED) is 0.494. The van der Waals surface area contributed by atoms with Crippen LogP contribution < -0.4 is 0 Å². The fourth-order valence-corrected chi connectivity index (χ4v) is 0.224. The van der Waals surface area contributed by atoms with Gasteiger partial charge in [0.05, 0.1) is 0 Å². The molecule has 0 aromatic carbocycles. The molecule has 0 unspecified atom stereocenters. The summed E-state index contributed by atoms with van der Waals surface area (Å²) in [5, 5.41) is 3.97. The van der Waals surface area contributed by atoms with Crippen LogP contribution in [0.15, 0.2) is 0 Å². The van der Waals surface area contributed by atoms with Crippen molar-refractivity contribution in [2.24, 2.45) is 0 Å². The van der Waals surface area contributed by atoms with Gasteiger partial charge in [0.1, 0.15) is 0 Å². The van der Waals surface area contributed by atoms with Crippen LogP contribution in [0.2, 0.25) is 0 Å². The maximum atomic E-state index is 7.50. The Hall–Kier alpha value is -0.652. The summed E-state index contributed by atoms with van der Waals surface area (Å²) in [6, 6.07) is 0. The van der Waals surface area contributed by atoms with E-state index in [0.29, 0.717) is 0 Å². The molecular weight excluding hydrogens is 386 g/mol. The van der Waals surface area contributed by atoms with Crippen molar-refractivity contribution < 1.29 is 44.3 Å². The third-order valence-corrected chi connectivity index (χ3v) is 0.447. The van der Waals surface area contributed by atoms with E-state index in [-0.39, 0.29) is 21.1 Å². The minimum absolute atomic E-state index is 0. The molecule has 7 heteroatoms. The SMILES string of the molecule is CC[N-]CC.[C-]#[O+].[C-]#[O+].[C-]#[O+].[C-]#[O+].[C-]#[O+].[W]. The Morgan fingerprint density at radius 2 is 0.750 bits per heavy atom. The van der Waals surface area contributed by atoms with Crippen LogP contribution in [0.4, 0.5) is 0 Å². The van der Waals surface area contributed by atoms with Gasteiger partial charge in [0.25, 0.3) is 0 Å². The minimum Gasteiger partial charge on any atom is 0 e. The van der Waals surface area contributed by atoms with Gasteiger partial charge in [0.2, 0.25) is 0 Å². The first-order chi connectivity index (χ1) is 7.41. The second-order valence-electron chi connectivity index (χ2n) is 0.856. The summed E-state index contributed by atoms with van der Waals surface area (Å²) in [4.78, 5) is 0. The molecule has 0 saturated heterocycles. The zero-order chi connectivity index (χ0) is 14.1. The molecule has 0 aliphatic carbocycles. The Morgan fingerprint density at radius 3 is 0.750 bits per heavy atom. The predicted molar refractivity (Wildman–Crippen MR) is 44.1 cm³/mol. The second-order valence-corrected chi connectivity index (χ2v) is 0.856. The van der Waals surface area contributed by atoms with Crippen molar-refractivity contribution in [3.05, 3.63) is 38.6 Å². The fourth-order valence-electron chi connectivity index (χ4n) is 0.224. The first-order valence-corrected chi connectivity index (χ1v) is 3.07. The van der Waals surface area contributed by atoms with Crippen LogP contribution in [-0.4, -0.2) is 13.1 Å². The van der Waals surface area contributed by atoms with Crippen LogP contribution in [0.25, 0.3) is 5.32 Å². The maximum Gasteiger partial charge on any atom is 0 e. The van der Waals surface area contributed by atoms with Crippen LogP contribution in [0.1, 0.15) is 13.8 Å². The van der Waals surface area contributed by atoms with Gasteiger partial charge in [-0.1, -0.05) is 13.8 Å². The smallest absolute Gasteiger partial charge is 0 e. The zero-order valence-corrected chi connectivity index (χ0v) is 11.7. The van der Waals surface area contributed by atoms with Gasteiger partial charge in [0, 0.05) is 21.1 Å². The summed E-state index contributed by atoms with van der Waals surface area (Å²) in [6.45, 7) is 28.5. The summed E-state index contributed by atoms with van der Waals surface area (Å²) >= 11 is 0. The molecule has 0 amide bonds. The van der Waals surface area contributed by atoms with Gasteiger partial charge in [0.15, 0.2) is 0 Å². The Morgan fingerprint density at radius 1 is 0.625 bits per heavy atom. The summed E-state index contributed by atoms with van der Waals surface area (Å²) < 4.78 is 37.5. The largest absolute Gasteiger partial charge is 0 e. The molecule has 0 atom stereocenters. The molecule has 0 aromatic rings. The van der Waals surface area contributed by atoms with E-state index >= 15 is 0 Å². The van der Waals surface area contributed by atoms with Crippen molar-refractivity contribution in [3.63, 3.8) is 0 Å². The number of rotatable bonds is 2. The van der Waals surface area contributed by atoms with Gasteiger partial charge in [-0.05, 0) is 0 Å². The molecular formula is C9H10NO5W-. The Balaban J connectivity index is -0.0000000130. The fraction of sp³-hybridized carbons (Fsp3) is 0.444. The third-order valence-electron chi connectivity index (χ3n) is 0.447. The summed E-state index contributed by atoms with van der Waals surface area (Å²) in [7, 11) is 0. The van der Waals surface area contributed by atoms with Gasteiger partial charge >= 0.3 is 56.5 Å². The Kier molecular flexibility index (Phi) is 1310. The summed E-state index contributed by atoms with van der Waals surface area (Å²) in [6.07, 6.45) is 0. The first-order valence-electron chi connectivity index (χ1n) is 3.07. The van der Waals surface area contributed by atoms with E-state index in [1.165, 1.54) is 0 Å². The summed E-state index contributed by atoms with van der Waals surface area (Å²) in [5.74, 6) is 0. The van der Waals surface area contributed by atoms with Crippen LogP contribution in [-0.2, 0) is 44.3 Å². The van der Waals surface area contributed by atoms with Crippen LogP contribution >= 0.6 is 0 Å². The molecule has 0 aliphatic rings. The van der Waals surface area contributed by atoms with Crippen molar-refractivity contribution in [1.29, 1.82) is 0 Å². The van der Waals surface area contributed by atoms with E-state index < -0.39 is 0 Å². The van der Waals surface area contributed by atoms with Gasteiger partial charge < -0.3 is 5.32 Å². The third kappa shape index (κ3) is 1120. The summed E-state index contributed by atoms with van der Waals surface area (Å²) in [5.41, 5.74) is 0. The van der Waals surface area contributed by atoms with E-state index in [2.05, 4.69) is 38.6 Å². The van der Waals surface area contributed by atoms with E-state index in [0.717, 1.165) is 13.1 Å². The number of hydrogen-bond donors (Lipinski definition) is 0. The van der Waals surface area contributed by atoms with Crippen LogP contribution in [0.5, 0.6) is 0 Å². The zero-order valence-electron chi connectivity index (χ0n) is 8.81. The number of nitrogens with zero attached hydrogens (tertiary/aromatic N) is 1. The van der Waals surface area contributed by atoms with E-state index in [1.807, 2.05) is 13.8 Å². The van der Waals surface area contributed by atoms with E-state index in [4.69, 9.17) is 23.3 Å². The second kappa shape index (κ2) is 464. The molecule has 0 bridgehead atoms. The standard InChI is InChI=1S/C4H10N.5CO.W/c1-3-5-4-2;5*1-2;/h3-4H2,1-2H3;;;;;;/q-1;;;;;;. The molecule has 0 heterocycles. The molecule has 0 spiro atoms. The van der Waals surface area contributed by atoms with Crippen molar-refractivity contribution in [2.75, 3.05) is 13.1 Å². The monoisotopic (exact) mass is 396 g/mol. The molecule has 0 aliphatic heterocycles. The normalized spacial score (nSPS) is 3.25. The molecule has 0 fully saturated rings. The molecule has 6 nitrogen and oxygen atoms in total. The maximum absolute atomic E-state index is 7.50. The molecule has 0 saturated carbocycles. The first kappa shape index (κ1) is 45.3. The molecule has 0 N–H and O–H groups in total. The van der Waals surface area contributed by atoms with Crippen LogP contribution in [0, 0.1) is 33.3 Å². The van der Waals surface area contributed by atoms with E-state index in [9.17, 15) is 0 Å². The Bertz CT molecular complexity index is 113. The predicted octanol–water partition coefficient (Wildman–Crippen LogP) is 1.21.